The highest BCUT2D eigenvalue weighted by Crippen LogP contribution is 2.24. The van der Waals surface area contributed by atoms with E-state index in [-0.39, 0.29) is 17.7 Å². The van der Waals surface area contributed by atoms with Gasteiger partial charge in [0.05, 0.1) is 5.92 Å². The third-order valence-electron chi connectivity index (χ3n) is 5.47. The first-order valence-corrected chi connectivity index (χ1v) is 13.7. The first-order valence-electron chi connectivity index (χ1n) is 13.7. The number of benzene rings is 1. The second-order valence-corrected chi connectivity index (χ2v) is 8.92. The number of imide groups is 1. The third kappa shape index (κ3) is 22.6. The summed E-state index contributed by atoms with van der Waals surface area (Å²) >= 11 is 0. The van der Waals surface area contributed by atoms with Crippen LogP contribution in [-0.2, 0) is 9.59 Å². The van der Waals surface area contributed by atoms with Crippen molar-refractivity contribution in [1.82, 2.24) is 10.6 Å². The maximum absolute atomic E-state index is 11.6. The fourth-order valence-electron chi connectivity index (χ4n) is 2.58. The number of hydrogen-bond donors (Lipinski definition) is 3. The van der Waals surface area contributed by atoms with E-state index >= 15 is 0 Å². The van der Waals surface area contributed by atoms with Crippen LogP contribution in [0.5, 0.6) is 0 Å². The molecule has 5 nitrogen and oxygen atoms in total. The van der Waals surface area contributed by atoms with Gasteiger partial charge in [0.25, 0.3) is 5.92 Å². The van der Waals surface area contributed by atoms with Crippen molar-refractivity contribution in [3.05, 3.63) is 47.7 Å². The molecular formula is C30H54F2N2O3. The lowest BCUT2D eigenvalue weighted by Crippen LogP contribution is -2.39. The molecule has 0 radical (unpaired) electrons. The van der Waals surface area contributed by atoms with Crippen molar-refractivity contribution in [1.29, 1.82) is 0 Å². The average molecular weight is 529 g/mol. The summed E-state index contributed by atoms with van der Waals surface area (Å²) in [5.74, 6) is -3.79. The summed E-state index contributed by atoms with van der Waals surface area (Å²) in [5, 5.41) is 13.6. The number of aryl methyl sites for hydroxylation is 1. The van der Waals surface area contributed by atoms with Crippen molar-refractivity contribution in [2.45, 2.75) is 113 Å². The monoisotopic (exact) mass is 528 g/mol. The number of nitrogens with one attached hydrogen (secondary N) is 2. The predicted molar refractivity (Wildman–Crippen MR) is 153 cm³/mol. The second kappa shape index (κ2) is 24.1. The third-order valence-corrected chi connectivity index (χ3v) is 5.47. The van der Waals surface area contributed by atoms with Gasteiger partial charge < -0.3 is 10.4 Å². The van der Waals surface area contributed by atoms with Gasteiger partial charge in [-0.3, -0.25) is 14.9 Å². The summed E-state index contributed by atoms with van der Waals surface area (Å²) in [6, 6.07) is 7.88. The van der Waals surface area contributed by atoms with Crippen LogP contribution in [0.25, 0.3) is 0 Å². The molecule has 0 aliphatic carbocycles. The molecule has 1 heterocycles. The minimum atomic E-state index is -3.14. The normalized spacial score (nSPS) is 14.3. The Hall–Kier alpha value is -2.28. The van der Waals surface area contributed by atoms with Gasteiger partial charge in [0.2, 0.25) is 11.8 Å². The van der Waals surface area contributed by atoms with Gasteiger partial charge in [-0.2, -0.15) is 8.78 Å². The SMILES string of the molecule is C=C(O)C(C)(F)F.CC.CCC(C)CC.CCCNCCC.Cc1ccc(C2CCC(=O)NC2=O)cc1. The van der Waals surface area contributed by atoms with Gasteiger partial charge in [-0.05, 0) is 50.8 Å². The molecule has 7 heteroatoms. The number of halogens is 2. The summed E-state index contributed by atoms with van der Waals surface area (Å²) < 4.78 is 23.0. The Balaban J connectivity index is -0.000000448. The zero-order valence-electron chi connectivity index (χ0n) is 24.8. The summed E-state index contributed by atoms with van der Waals surface area (Å²) in [5.41, 5.74) is 2.16. The predicted octanol–water partition coefficient (Wildman–Crippen LogP) is 8.09. The van der Waals surface area contributed by atoms with Gasteiger partial charge in [-0.25, -0.2) is 0 Å². The van der Waals surface area contributed by atoms with Crippen molar-refractivity contribution in [3.63, 3.8) is 0 Å². The highest BCUT2D eigenvalue weighted by atomic mass is 19.3. The Labute approximate surface area is 225 Å². The summed E-state index contributed by atoms with van der Waals surface area (Å²) in [4.78, 5) is 22.5. The molecule has 0 saturated carbocycles. The van der Waals surface area contributed by atoms with Crippen LogP contribution in [0.1, 0.15) is 111 Å². The number of carbonyl (C=O) groups excluding carboxylic acids is 2. The van der Waals surface area contributed by atoms with Crippen molar-refractivity contribution in [2.24, 2.45) is 5.92 Å². The van der Waals surface area contributed by atoms with Gasteiger partial charge >= 0.3 is 0 Å². The Morgan fingerprint density at radius 3 is 1.81 bits per heavy atom. The molecule has 2 rings (SSSR count). The molecule has 216 valence electrons. The average Bonchev–Trinajstić information content (AvgIpc) is 2.86. The van der Waals surface area contributed by atoms with E-state index in [1.54, 1.807) is 0 Å². The van der Waals surface area contributed by atoms with E-state index in [1.165, 1.54) is 44.3 Å². The number of aliphatic hydroxyl groups is 1. The fourth-order valence-corrected chi connectivity index (χ4v) is 2.58. The van der Waals surface area contributed by atoms with E-state index in [2.05, 4.69) is 51.8 Å². The number of hydrogen-bond acceptors (Lipinski definition) is 4. The molecular weight excluding hydrogens is 474 g/mol. The van der Waals surface area contributed by atoms with Crippen LogP contribution in [0.2, 0.25) is 0 Å². The Bertz CT molecular complexity index is 709. The molecule has 1 atom stereocenters. The molecule has 1 aromatic carbocycles. The second-order valence-electron chi connectivity index (χ2n) is 8.92. The van der Waals surface area contributed by atoms with Gasteiger partial charge in [0, 0.05) is 13.3 Å². The molecule has 1 aliphatic heterocycles. The van der Waals surface area contributed by atoms with Crippen LogP contribution in [0.3, 0.4) is 0 Å². The zero-order chi connectivity index (χ0) is 29.4. The van der Waals surface area contributed by atoms with Crippen molar-refractivity contribution >= 4 is 11.8 Å². The molecule has 1 unspecified atom stereocenters. The first-order chi connectivity index (χ1) is 17.3. The topological polar surface area (TPSA) is 78.4 Å². The molecule has 0 bridgehead atoms. The number of aliphatic hydroxyl groups excluding tert-OH is 1. The molecule has 1 aromatic rings. The number of piperidine rings is 1. The van der Waals surface area contributed by atoms with Gasteiger partial charge in [0.15, 0.2) is 5.76 Å². The van der Waals surface area contributed by atoms with Crippen LogP contribution < -0.4 is 10.6 Å². The molecule has 1 saturated heterocycles. The van der Waals surface area contributed by atoms with E-state index in [9.17, 15) is 18.4 Å². The standard InChI is InChI=1S/C12H13NO2.C6H15N.C6H14.C4H6F2O.C2H6/c1-8-2-4-9(5-3-8)10-6-7-11(14)13-12(10)15;1-3-5-7-6-4-2;1-4-6(3)5-2;1-3(7)4(2,5)6;1-2/h2-5,10H,6-7H2,1H3,(H,13,14,15);7H,3-6H2,1-2H3;6H,4-5H2,1-3H3;7H,1H2,2H3;1-2H3. The van der Waals surface area contributed by atoms with E-state index in [4.69, 9.17) is 5.11 Å². The van der Waals surface area contributed by atoms with Crippen molar-refractivity contribution in [2.75, 3.05) is 13.1 Å². The van der Waals surface area contributed by atoms with Crippen LogP contribution in [0.4, 0.5) is 8.78 Å². The Kier molecular flexibility index (Phi) is 25.5. The smallest absolute Gasteiger partial charge is 0.300 e. The number of allylic oxidation sites excluding steroid dienone is 1. The quantitative estimate of drug-likeness (QED) is 0.181. The molecule has 3 N–H and O–H groups in total. The van der Waals surface area contributed by atoms with Crippen LogP contribution in [0.15, 0.2) is 36.6 Å². The zero-order valence-corrected chi connectivity index (χ0v) is 24.8. The highest BCUT2D eigenvalue weighted by molar-refractivity contribution is 6.00. The Morgan fingerprint density at radius 2 is 1.51 bits per heavy atom. The number of alkyl halides is 2. The highest BCUT2D eigenvalue weighted by Gasteiger charge is 2.27. The number of carbonyl (C=O) groups is 2. The number of rotatable bonds is 8. The van der Waals surface area contributed by atoms with E-state index in [0.717, 1.165) is 11.5 Å². The van der Waals surface area contributed by atoms with E-state index in [0.29, 0.717) is 19.8 Å². The summed E-state index contributed by atoms with van der Waals surface area (Å²) in [7, 11) is 0. The van der Waals surface area contributed by atoms with Crippen LogP contribution in [-0.4, -0.2) is 35.9 Å². The summed E-state index contributed by atoms with van der Waals surface area (Å²) in [6.07, 6.45) is 6.21. The lowest BCUT2D eigenvalue weighted by atomic mass is 9.90. The molecule has 2 amide bonds. The lowest BCUT2D eigenvalue weighted by Gasteiger charge is -2.21. The van der Waals surface area contributed by atoms with E-state index in [1.807, 2.05) is 45.0 Å². The lowest BCUT2D eigenvalue weighted by molar-refractivity contribution is -0.134. The molecule has 0 spiro atoms. The molecule has 37 heavy (non-hydrogen) atoms. The minimum Gasteiger partial charge on any atom is -0.507 e. The minimum absolute atomic E-state index is 0.164. The van der Waals surface area contributed by atoms with Crippen molar-refractivity contribution in [3.8, 4) is 0 Å². The number of amides is 2. The molecule has 1 fully saturated rings. The molecule has 1 aliphatic rings. The van der Waals surface area contributed by atoms with Crippen molar-refractivity contribution < 1.29 is 23.5 Å². The molecule has 0 aromatic heterocycles. The van der Waals surface area contributed by atoms with Gasteiger partial charge in [-0.15, -0.1) is 0 Å². The largest absolute Gasteiger partial charge is 0.507 e. The van der Waals surface area contributed by atoms with Gasteiger partial charge in [0.1, 0.15) is 0 Å². The van der Waals surface area contributed by atoms with Crippen LogP contribution in [0, 0.1) is 12.8 Å². The Morgan fingerprint density at radius 1 is 1.08 bits per heavy atom. The maximum atomic E-state index is 11.6. The van der Waals surface area contributed by atoms with Crippen LogP contribution >= 0.6 is 0 Å². The van der Waals surface area contributed by atoms with Gasteiger partial charge in [-0.1, -0.05) is 97.7 Å². The first kappa shape index (κ1) is 39.2. The summed E-state index contributed by atoms with van der Waals surface area (Å²) in [6.45, 7) is 22.7. The fraction of sp³-hybridized carbons (Fsp3) is 0.667. The van der Waals surface area contributed by atoms with E-state index < -0.39 is 11.7 Å². The maximum Gasteiger partial charge on any atom is 0.300 e.